The van der Waals surface area contributed by atoms with Crippen molar-refractivity contribution < 1.29 is 8.78 Å². The largest absolute Gasteiger partial charge is 0.377 e. The van der Waals surface area contributed by atoms with Crippen molar-refractivity contribution in [2.75, 3.05) is 5.32 Å². The minimum Gasteiger partial charge on any atom is -0.377 e. The third kappa shape index (κ3) is 3.48. The van der Waals surface area contributed by atoms with Gasteiger partial charge in [-0.15, -0.1) is 10.2 Å². The summed E-state index contributed by atoms with van der Waals surface area (Å²) in [5.74, 6) is -1.96. The first kappa shape index (κ1) is 22.0. The summed E-state index contributed by atoms with van der Waals surface area (Å²) in [6, 6.07) is 6.86. The van der Waals surface area contributed by atoms with Crippen LogP contribution in [0.2, 0.25) is 5.15 Å². The number of pyridine rings is 1. The van der Waals surface area contributed by atoms with Gasteiger partial charge in [-0.05, 0) is 49.2 Å². The molecule has 12 heteroatoms. The van der Waals surface area contributed by atoms with Crippen molar-refractivity contribution in [3.63, 3.8) is 0 Å². The lowest BCUT2D eigenvalue weighted by molar-refractivity contribution is -0.127. The molecular weight excluding hydrogens is 478 g/mol. The lowest BCUT2D eigenvalue weighted by Crippen LogP contribution is -2.49. The van der Waals surface area contributed by atoms with Crippen LogP contribution in [0, 0.1) is 6.92 Å². The van der Waals surface area contributed by atoms with Crippen molar-refractivity contribution >= 4 is 28.2 Å². The Labute approximate surface area is 202 Å². The van der Waals surface area contributed by atoms with Gasteiger partial charge in [0.15, 0.2) is 0 Å². The average molecular weight is 499 g/mol. The number of benzene rings is 1. The summed E-state index contributed by atoms with van der Waals surface area (Å²) < 4.78 is 29.3. The van der Waals surface area contributed by atoms with Crippen molar-refractivity contribution in [1.82, 2.24) is 35.2 Å². The number of hydrogen-bond acceptors (Lipinski definition) is 7. The summed E-state index contributed by atoms with van der Waals surface area (Å²) >= 11 is 6.10. The molecule has 0 saturated heterocycles. The fraction of sp³-hybridized carbons (Fsp3) is 0.391. The van der Waals surface area contributed by atoms with E-state index in [2.05, 4.69) is 30.9 Å². The number of nitrogens with zero attached hydrogens (tertiary/aromatic N) is 6. The molecule has 2 aliphatic rings. The molecule has 0 radical (unpaired) electrons. The predicted molar refractivity (Wildman–Crippen MR) is 126 cm³/mol. The second-order valence-corrected chi connectivity index (χ2v) is 9.90. The van der Waals surface area contributed by atoms with Gasteiger partial charge >= 0.3 is 0 Å². The topological polar surface area (TPSA) is 114 Å². The molecule has 1 saturated carbocycles. The van der Waals surface area contributed by atoms with Crippen LogP contribution in [0.4, 0.5) is 14.5 Å². The van der Waals surface area contributed by atoms with Crippen molar-refractivity contribution in [1.29, 1.82) is 0 Å². The first-order valence-corrected chi connectivity index (χ1v) is 11.6. The van der Waals surface area contributed by atoms with Crippen molar-refractivity contribution in [2.45, 2.75) is 57.0 Å². The summed E-state index contributed by atoms with van der Waals surface area (Å²) in [5, 5.41) is 18.2. The quantitative estimate of drug-likeness (QED) is 0.406. The molecule has 0 bridgehead atoms. The van der Waals surface area contributed by atoms with Gasteiger partial charge < -0.3 is 5.32 Å². The number of fused-ring (bicyclic) bond motifs is 3. The van der Waals surface area contributed by atoms with Gasteiger partial charge in [0.25, 0.3) is 5.56 Å². The highest BCUT2D eigenvalue weighted by Gasteiger charge is 2.61. The number of aromatic amines is 1. The molecule has 6 rings (SSSR count). The Morgan fingerprint density at radius 3 is 2.74 bits per heavy atom. The number of anilines is 1. The van der Waals surface area contributed by atoms with E-state index < -0.39 is 11.3 Å². The van der Waals surface area contributed by atoms with Gasteiger partial charge in [-0.2, -0.15) is 5.21 Å². The Balaban J connectivity index is 1.46. The first-order chi connectivity index (χ1) is 16.7. The highest BCUT2D eigenvalue weighted by Crippen LogP contribution is 2.57. The second-order valence-electron chi connectivity index (χ2n) is 9.51. The van der Waals surface area contributed by atoms with Gasteiger partial charge in [0.05, 0.1) is 22.6 Å². The minimum absolute atomic E-state index is 0.185. The van der Waals surface area contributed by atoms with Gasteiger partial charge in [0.1, 0.15) is 16.7 Å². The molecule has 35 heavy (non-hydrogen) atoms. The molecule has 1 atom stereocenters. The molecule has 0 amide bonds. The Morgan fingerprint density at radius 1 is 1.23 bits per heavy atom. The number of aryl methyl sites for hydroxylation is 1. The zero-order valence-corrected chi connectivity index (χ0v) is 19.7. The number of tetrazole rings is 1. The molecular formula is C23H21ClF2N8O. The summed E-state index contributed by atoms with van der Waals surface area (Å²) in [6.07, 6.45) is -0.0251. The standard InChI is InChI=1S/C23H21ClF2N8O/c1-11-7-13(12(2)27-15-3-4-16(24)28-18(15)19-30-32-33-31-19)17-14(8-11)20(35)34-6-5-22(21(34)29-17)9-23(25,26)10-22/h3-4,7-8,12,27H,5-6,9-10H2,1-2H3,(H,30,31,32,33)/t12-/m1/s1. The Bertz CT molecular complexity index is 1530. The maximum absolute atomic E-state index is 13.9. The number of rotatable bonds is 4. The molecule has 2 N–H and O–H groups in total. The lowest BCUT2D eigenvalue weighted by atomic mass is 9.65. The zero-order chi connectivity index (χ0) is 24.5. The van der Waals surface area contributed by atoms with Gasteiger partial charge in [0.2, 0.25) is 11.7 Å². The van der Waals surface area contributed by atoms with Crippen molar-refractivity contribution in [3.05, 3.63) is 56.7 Å². The smallest absolute Gasteiger partial charge is 0.261 e. The van der Waals surface area contributed by atoms with Crippen molar-refractivity contribution in [3.8, 4) is 11.5 Å². The van der Waals surface area contributed by atoms with Crippen LogP contribution < -0.4 is 10.9 Å². The van der Waals surface area contributed by atoms with E-state index in [1.165, 1.54) is 0 Å². The molecule has 1 spiro atoms. The predicted octanol–water partition coefficient (Wildman–Crippen LogP) is 4.18. The number of aromatic nitrogens is 7. The fourth-order valence-electron chi connectivity index (χ4n) is 5.45. The van der Waals surface area contributed by atoms with Crippen LogP contribution in [0.5, 0.6) is 0 Å². The van der Waals surface area contributed by atoms with E-state index in [9.17, 15) is 13.6 Å². The maximum Gasteiger partial charge on any atom is 0.261 e. The number of nitrogens with one attached hydrogen (secondary N) is 2. The van der Waals surface area contributed by atoms with E-state index in [1.54, 1.807) is 16.7 Å². The monoisotopic (exact) mass is 498 g/mol. The van der Waals surface area contributed by atoms with Crippen LogP contribution in [0.25, 0.3) is 22.4 Å². The SMILES string of the molecule is Cc1cc([C@@H](C)Nc2ccc(Cl)nc2-c2nn[nH]n2)c2nc3n(c(=O)c2c1)CCC31CC(F)(F)C1. The van der Waals surface area contributed by atoms with E-state index in [0.717, 1.165) is 11.1 Å². The summed E-state index contributed by atoms with van der Waals surface area (Å²) in [5.41, 5.74) is 2.31. The molecule has 180 valence electrons. The summed E-state index contributed by atoms with van der Waals surface area (Å²) in [7, 11) is 0. The van der Waals surface area contributed by atoms with Crippen molar-refractivity contribution in [2.24, 2.45) is 0 Å². The van der Waals surface area contributed by atoms with E-state index in [-0.39, 0.29) is 35.4 Å². The molecule has 4 aromatic rings. The third-order valence-corrected chi connectivity index (χ3v) is 7.18. The molecule has 1 aliphatic heterocycles. The third-order valence-electron chi connectivity index (χ3n) is 6.97. The normalized spacial score (nSPS) is 18.4. The molecule has 1 aromatic carbocycles. The van der Waals surface area contributed by atoms with E-state index >= 15 is 0 Å². The number of alkyl halides is 2. The zero-order valence-electron chi connectivity index (χ0n) is 18.9. The Kier molecular flexibility index (Phi) is 4.73. The van der Waals surface area contributed by atoms with E-state index in [4.69, 9.17) is 16.6 Å². The van der Waals surface area contributed by atoms with Crippen LogP contribution in [0.15, 0.2) is 29.1 Å². The fourth-order valence-corrected chi connectivity index (χ4v) is 5.60. The van der Waals surface area contributed by atoms with E-state index in [0.29, 0.717) is 41.1 Å². The maximum atomic E-state index is 13.9. The number of halogens is 3. The number of H-pyrrole nitrogens is 1. The average Bonchev–Trinajstić information content (AvgIpc) is 3.44. The van der Waals surface area contributed by atoms with Crippen LogP contribution >= 0.6 is 11.6 Å². The molecule has 9 nitrogen and oxygen atoms in total. The summed E-state index contributed by atoms with van der Waals surface area (Å²) in [4.78, 5) is 22.6. The number of hydrogen-bond donors (Lipinski definition) is 2. The lowest BCUT2D eigenvalue weighted by Gasteiger charge is -2.43. The second kappa shape index (κ2) is 7.51. The molecule has 1 fully saturated rings. The first-order valence-electron chi connectivity index (χ1n) is 11.3. The van der Waals surface area contributed by atoms with Gasteiger partial charge in [0, 0.05) is 30.4 Å². The molecule has 3 aromatic heterocycles. The van der Waals surface area contributed by atoms with Gasteiger partial charge in [-0.25, -0.2) is 18.7 Å². The molecule has 4 heterocycles. The van der Waals surface area contributed by atoms with Crippen LogP contribution in [0.3, 0.4) is 0 Å². The van der Waals surface area contributed by atoms with Crippen LogP contribution in [0.1, 0.15) is 49.2 Å². The Hall–Kier alpha value is -3.47. The molecule has 1 aliphatic carbocycles. The Morgan fingerprint density at radius 2 is 2.03 bits per heavy atom. The highest BCUT2D eigenvalue weighted by atomic mass is 35.5. The van der Waals surface area contributed by atoms with Gasteiger partial charge in [-0.1, -0.05) is 17.7 Å². The molecule has 0 unspecified atom stereocenters. The van der Waals surface area contributed by atoms with Crippen LogP contribution in [-0.2, 0) is 12.0 Å². The summed E-state index contributed by atoms with van der Waals surface area (Å²) in [6.45, 7) is 4.26. The van der Waals surface area contributed by atoms with Gasteiger partial charge in [-0.3, -0.25) is 9.36 Å². The van der Waals surface area contributed by atoms with Crippen LogP contribution in [-0.4, -0.2) is 41.1 Å². The highest BCUT2D eigenvalue weighted by molar-refractivity contribution is 6.29. The minimum atomic E-state index is -2.71. The van der Waals surface area contributed by atoms with E-state index in [1.807, 2.05) is 26.0 Å².